The summed E-state index contributed by atoms with van der Waals surface area (Å²) in [6.45, 7) is 8.82. The number of fused-ring (bicyclic) bond motifs is 1. The number of carbonyl (C=O) groups excluding carboxylic acids is 1. The van der Waals surface area contributed by atoms with Crippen molar-refractivity contribution in [2.75, 3.05) is 6.61 Å². The third-order valence-corrected chi connectivity index (χ3v) is 5.01. The van der Waals surface area contributed by atoms with Crippen LogP contribution >= 0.6 is 0 Å². The smallest absolute Gasteiger partial charge is 0.278 e. The monoisotopic (exact) mass is 393 g/mol. The Labute approximate surface area is 164 Å². The van der Waals surface area contributed by atoms with Gasteiger partial charge in [0.25, 0.3) is 12.3 Å². The summed E-state index contributed by atoms with van der Waals surface area (Å²) in [4.78, 5) is 17.0. The molecule has 0 radical (unpaired) electrons. The van der Waals surface area contributed by atoms with E-state index < -0.39 is 6.43 Å². The van der Waals surface area contributed by atoms with Gasteiger partial charge in [0, 0.05) is 17.9 Å². The highest BCUT2D eigenvalue weighted by Gasteiger charge is 2.26. The zero-order valence-electron chi connectivity index (χ0n) is 17.0. The molecule has 0 unspecified atom stereocenters. The highest BCUT2D eigenvalue weighted by Crippen LogP contribution is 2.26. The Kier molecular flexibility index (Phi) is 6.03. The predicted octanol–water partition coefficient (Wildman–Crippen LogP) is 4.68. The highest BCUT2D eigenvalue weighted by molar-refractivity contribution is 6.00. The van der Waals surface area contributed by atoms with E-state index in [2.05, 4.69) is 31.1 Å². The Morgan fingerprint density at radius 2 is 2.00 bits per heavy atom. The van der Waals surface area contributed by atoms with Gasteiger partial charge in [0.05, 0.1) is 24.0 Å². The summed E-state index contributed by atoms with van der Waals surface area (Å²) in [5.74, 6) is -0.264. The summed E-state index contributed by atoms with van der Waals surface area (Å²) in [6, 6.07) is 2.97. The number of hydrogen-bond acceptors (Lipinski definition) is 3. The molecule has 1 aliphatic rings. The van der Waals surface area contributed by atoms with Crippen LogP contribution in [0.15, 0.2) is 18.3 Å². The number of amides is 1. The molecule has 2 aromatic heterocycles. The first-order valence-electron chi connectivity index (χ1n) is 9.83. The SMILES string of the molecule is Cc1cc(C(F)F)n2ccc(C(=O)N[C@H]3CC[C@H](OCC(C)(C)C)CC3)c2n1. The molecule has 154 valence electrons. The van der Waals surface area contributed by atoms with Crippen molar-refractivity contribution in [3.63, 3.8) is 0 Å². The van der Waals surface area contributed by atoms with Crippen molar-refractivity contribution in [3.8, 4) is 0 Å². The normalized spacial score (nSPS) is 20.7. The first-order chi connectivity index (χ1) is 13.1. The molecule has 0 bridgehead atoms. The maximum absolute atomic E-state index is 13.3. The van der Waals surface area contributed by atoms with Crippen LogP contribution in [0.1, 0.15) is 74.6 Å². The van der Waals surface area contributed by atoms with E-state index in [1.54, 1.807) is 13.0 Å². The average molecular weight is 393 g/mol. The topological polar surface area (TPSA) is 55.6 Å². The van der Waals surface area contributed by atoms with E-state index >= 15 is 0 Å². The molecule has 1 saturated carbocycles. The molecule has 0 aliphatic heterocycles. The van der Waals surface area contributed by atoms with Crippen LogP contribution in [0, 0.1) is 12.3 Å². The van der Waals surface area contributed by atoms with Crippen molar-refractivity contribution in [1.29, 1.82) is 0 Å². The molecule has 1 amide bonds. The molecule has 1 fully saturated rings. The van der Waals surface area contributed by atoms with Crippen LogP contribution < -0.4 is 5.32 Å². The summed E-state index contributed by atoms with van der Waals surface area (Å²) in [6.07, 6.45) is 2.60. The molecule has 3 rings (SSSR count). The lowest BCUT2D eigenvalue weighted by Crippen LogP contribution is -2.39. The number of aryl methyl sites for hydroxylation is 1. The highest BCUT2D eigenvalue weighted by atomic mass is 19.3. The number of alkyl halides is 2. The second-order valence-electron chi connectivity index (χ2n) is 8.86. The van der Waals surface area contributed by atoms with E-state index in [9.17, 15) is 13.6 Å². The minimum Gasteiger partial charge on any atom is -0.378 e. The first-order valence-corrected chi connectivity index (χ1v) is 9.83. The summed E-state index contributed by atoms with van der Waals surface area (Å²) >= 11 is 0. The minimum atomic E-state index is -2.63. The quantitative estimate of drug-likeness (QED) is 0.802. The van der Waals surface area contributed by atoms with Gasteiger partial charge in [-0.2, -0.15) is 0 Å². The molecule has 0 spiro atoms. The maximum atomic E-state index is 13.3. The lowest BCUT2D eigenvalue weighted by Gasteiger charge is -2.31. The summed E-state index contributed by atoms with van der Waals surface area (Å²) in [5, 5.41) is 3.04. The molecule has 2 aromatic rings. The van der Waals surface area contributed by atoms with E-state index in [1.165, 1.54) is 16.7 Å². The van der Waals surface area contributed by atoms with E-state index in [0.29, 0.717) is 11.3 Å². The maximum Gasteiger partial charge on any atom is 0.278 e. The predicted molar refractivity (Wildman–Crippen MR) is 104 cm³/mol. The third kappa shape index (κ3) is 4.87. The van der Waals surface area contributed by atoms with Gasteiger partial charge in [0.15, 0.2) is 0 Å². The van der Waals surface area contributed by atoms with Gasteiger partial charge in [-0.15, -0.1) is 0 Å². The molecular formula is C21H29F2N3O2. The van der Waals surface area contributed by atoms with Crippen LogP contribution in [0.4, 0.5) is 8.78 Å². The van der Waals surface area contributed by atoms with E-state index in [1.807, 2.05) is 0 Å². The second-order valence-corrected chi connectivity index (χ2v) is 8.86. The van der Waals surface area contributed by atoms with Gasteiger partial charge in [-0.05, 0) is 50.2 Å². The zero-order valence-corrected chi connectivity index (χ0v) is 17.0. The second kappa shape index (κ2) is 8.15. The molecule has 0 aromatic carbocycles. The standard InChI is InChI=1S/C21H29F2N3O2/c1-13-11-17(18(22)23)26-10-9-16(19(26)24-13)20(27)25-14-5-7-15(8-6-14)28-12-21(2,3)4/h9-11,14-15,18H,5-8,12H2,1-4H3,(H,25,27)/t14-,15-. The van der Waals surface area contributed by atoms with Crippen molar-refractivity contribution >= 4 is 11.6 Å². The van der Waals surface area contributed by atoms with Crippen molar-refractivity contribution in [2.24, 2.45) is 5.41 Å². The van der Waals surface area contributed by atoms with Crippen molar-refractivity contribution < 1.29 is 18.3 Å². The van der Waals surface area contributed by atoms with Gasteiger partial charge < -0.3 is 10.1 Å². The molecule has 28 heavy (non-hydrogen) atoms. The Morgan fingerprint density at radius 3 is 2.61 bits per heavy atom. The van der Waals surface area contributed by atoms with Gasteiger partial charge in [0.2, 0.25) is 0 Å². The molecule has 5 nitrogen and oxygen atoms in total. The zero-order chi connectivity index (χ0) is 20.5. The van der Waals surface area contributed by atoms with E-state index in [0.717, 1.165) is 32.3 Å². The van der Waals surface area contributed by atoms with Gasteiger partial charge in [-0.25, -0.2) is 13.8 Å². The van der Waals surface area contributed by atoms with Crippen LogP contribution in [-0.2, 0) is 4.74 Å². The average Bonchev–Trinajstić information content (AvgIpc) is 3.03. The Morgan fingerprint density at radius 1 is 1.32 bits per heavy atom. The Hall–Kier alpha value is -2.02. The molecular weight excluding hydrogens is 364 g/mol. The molecule has 0 saturated heterocycles. The number of ether oxygens (including phenoxy) is 1. The van der Waals surface area contributed by atoms with Crippen LogP contribution in [0.5, 0.6) is 0 Å². The van der Waals surface area contributed by atoms with Crippen LogP contribution in [-0.4, -0.2) is 34.0 Å². The number of carbonyl (C=O) groups is 1. The number of aromatic nitrogens is 2. The Bertz CT molecular complexity index is 834. The summed E-state index contributed by atoms with van der Waals surface area (Å²) in [7, 11) is 0. The van der Waals surface area contributed by atoms with E-state index in [4.69, 9.17) is 4.74 Å². The number of rotatable bonds is 5. The lowest BCUT2D eigenvalue weighted by molar-refractivity contribution is -0.0134. The van der Waals surface area contributed by atoms with Gasteiger partial charge in [-0.3, -0.25) is 9.20 Å². The van der Waals surface area contributed by atoms with Gasteiger partial charge in [0.1, 0.15) is 5.65 Å². The fourth-order valence-electron chi connectivity index (χ4n) is 3.58. The van der Waals surface area contributed by atoms with Crippen molar-refractivity contribution in [1.82, 2.24) is 14.7 Å². The minimum absolute atomic E-state index is 0.0660. The fraction of sp³-hybridized carbons (Fsp3) is 0.619. The lowest BCUT2D eigenvalue weighted by atomic mass is 9.92. The molecule has 2 heterocycles. The first kappa shape index (κ1) is 20.7. The third-order valence-electron chi connectivity index (χ3n) is 5.01. The van der Waals surface area contributed by atoms with Crippen molar-refractivity contribution in [3.05, 3.63) is 35.3 Å². The van der Waals surface area contributed by atoms with Crippen LogP contribution in [0.25, 0.3) is 5.65 Å². The van der Waals surface area contributed by atoms with Gasteiger partial charge >= 0.3 is 0 Å². The molecule has 7 heteroatoms. The van der Waals surface area contributed by atoms with E-state index in [-0.39, 0.29) is 34.8 Å². The van der Waals surface area contributed by atoms with Gasteiger partial charge in [-0.1, -0.05) is 20.8 Å². The van der Waals surface area contributed by atoms with Crippen LogP contribution in [0.3, 0.4) is 0 Å². The molecule has 1 aliphatic carbocycles. The summed E-state index contributed by atoms with van der Waals surface area (Å²) < 4.78 is 33.8. The largest absolute Gasteiger partial charge is 0.378 e. The fourth-order valence-corrected chi connectivity index (χ4v) is 3.58. The number of nitrogens with one attached hydrogen (secondary N) is 1. The number of nitrogens with zero attached hydrogens (tertiary/aromatic N) is 2. The van der Waals surface area contributed by atoms with Crippen molar-refractivity contribution in [2.45, 2.75) is 71.9 Å². The summed E-state index contributed by atoms with van der Waals surface area (Å²) in [5.41, 5.74) is 1.06. The van der Waals surface area contributed by atoms with Crippen LogP contribution in [0.2, 0.25) is 0 Å². The molecule has 0 atom stereocenters. The number of hydrogen-bond donors (Lipinski definition) is 1. The Balaban J connectivity index is 1.63. The number of halogens is 2. The molecule has 1 N–H and O–H groups in total.